The third kappa shape index (κ3) is 8.72. The van der Waals surface area contributed by atoms with Gasteiger partial charge in [0.05, 0.1) is 10.8 Å². The van der Waals surface area contributed by atoms with Gasteiger partial charge in [-0.3, -0.25) is 4.21 Å². The van der Waals surface area contributed by atoms with E-state index >= 15 is 0 Å². The Balaban J connectivity index is 1.86. The molecule has 0 aliphatic rings. The molecule has 0 aliphatic carbocycles. The van der Waals surface area contributed by atoms with Crippen LogP contribution in [0.3, 0.4) is 0 Å². The van der Waals surface area contributed by atoms with Crippen molar-refractivity contribution >= 4 is 10.8 Å². The van der Waals surface area contributed by atoms with Gasteiger partial charge in [-0.2, -0.15) is 0 Å². The second kappa shape index (κ2) is 12.9. The number of unbranched alkanes of at least 4 members (excludes halogenated alkanes) is 11. The molecule has 0 bridgehead atoms. The maximum Gasteiger partial charge on any atom is 0.198 e. The Morgan fingerprint density at radius 3 is 1.86 bits per heavy atom. The highest BCUT2D eigenvalue weighted by atomic mass is 32.2. The topological polar surface area (TPSA) is 34.9 Å². The van der Waals surface area contributed by atoms with E-state index < -0.39 is 10.8 Å². The van der Waals surface area contributed by atoms with Gasteiger partial charge >= 0.3 is 0 Å². The number of aromatic nitrogens is 2. The molecule has 1 atom stereocenters. The van der Waals surface area contributed by atoms with Crippen LogP contribution in [0.2, 0.25) is 0 Å². The lowest BCUT2D eigenvalue weighted by Crippen LogP contribution is -2.04. The van der Waals surface area contributed by atoms with E-state index in [1.54, 1.807) is 6.20 Å². The SMILES string of the molecule is CCCCCCCCCCCCCC[S@](=O)c1nccn1C. The summed E-state index contributed by atoms with van der Waals surface area (Å²) in [6.45, 7) is 2.27. The highest BCUT2D eigenvalue weighted by molar-refractivity contribution is 7.84. The largest absolute Gasteiger partial charge is 0.327 e. The number of hydrogen-bond acceptors (Lipinski definition) is 2. The lowest BCUT2D eigenvalue weighted by molar-refractivity contribution is 0.547. The summed E-state index contributed by atoms with van der Waals surface area (Å²) in [7, 11) is 0.979. The van der Waals surface area contributed by atoms with E-state index in [9.17, 15) is 4.21 Å². The Morgan fingerprint density at radius 1 is 0.909 bits per heavy atom. The number of hydrogen-bond donors (Lipinski definition) is 0. The van der Waals surface area contributed by atoms with E-state index in [0.29, 0.717) is 5.16 Å². The van der Waals surface area contributed by atoms with Gasteiger partial charge in [-0.1, -0.05) is 77.6 Å². The van der Waals surface area contributed by atoms with Gasteiger partial charge in [-0.25, -0.2) is 4.98 Å². The van der Waals surface area contributed by atoms with E-state index in [0.717, 1.165) is 12.2 Å². The van der Waals surface area contributed by atoms with Gasteiger partial charge in [-0.05, 0) is 6.42 Å². The van der Waals surface area contributed by atoms with Gasteiger partial charge in [0, 0.05) is 25.2 Å². The highest BCUT2D eigenvalue weighted by Crippen LogP contribution is 2.12. The van der Waals surface area contributed by atoms with Crippen LogP contribution in [0, 0.1) is 0 Å². The molecule has 0 saturated carbocycles. The number of rotatable bonds is 14. The zero-order valence-electron chi connectivity index (χ0n) is 14.6. The molecule has 0 fully saturated rings. The minimum absolute atomic E-state index is 0.711. The van der Waals surface area contributed by atoms with Crippen LogP contribution in [-0.2, 0) is 17.8 Å². The van der Waals surface area contributed by atoms with Gasteiger partial charge in [0.1, 0.15) is 0 Å². The average molecular weight is 327 g/mol. The lowest BCUT2D eigenvalue weighted by atomic mass is 10.1. The van der Waals surface area contributed by atoms with Gasteiger partial charge in [0.2, 0.25) is 0 Å². The number of aryl methyl sites for hydroxylation is 1. The van der Waals surface area contributed by atoms with Gasteiger partial charge < -0.3 is 4.57 Å². The summed E-state index contributed by atoms with van der Waals surface area (Å²) in [5.41, 5.74) is 0. The maximum atomic E-state index is 12.0. The molecule has 1 aromatic heterocycles. The first kappa shape index (κ1) is 19.4. The van der Waals surface area contributed by atoms with E-state index in [4.69, 9.17) is 0 Å². The van der Waals surface area contributed by atoms with Crippen molar-refractivity contribution in [2.45, 2.75) is 89.1 Å². The van der Waals surface area contributed by atoms with Crippen molar-refractivity contribution in [2.75, 3.05) is 5.75 Å². The summed E-state index contributed by atoms with van der Waals surface area (Å²) >= 11 is 0. The van der Waals surface area contributed by atoms with E-state index in [1.807, 2.05) is 17.8 Å². The molecule has 4 heteroatoms. The van der Waals surface area contributed by atoms with Crippen LogP contribution in [0.4, 0.5) is 0 Å². The lowest BCUT2D eigenvalue weighted by Gasteiger charge is -2.03. The zero-order valence-corrected chi connectivity index (χ0v) is 15.4. The molecule has 0 spiro atoms. The smallest absolute Gasteiger partial charge is 0.198 e. The van der Waals surface area contributed by atoms with Crippen LogP contribution in [0.25, 0.3) is 0 Å². The minimum atomic E-state index is -0.927. The molecular formula is C18H34N2OS. The minimum Gasteiger partial charge on any atom is -0.327 e. The summed E-state index contributed by atoms with van der Waals surface area (Å²) in [5, 5.41) is 0.711. The van der Waals surface area contributed by atoms with Crippen LogP contribution in [-0.4, -0.2) is 19.5 Å². The zero-order chi connectivity index (χ0) is 16.0. The van der Waals surface area contributed by atoms with Crippen LogP contribution in [0.15, 0.2) is 17.6 Å². The second-order valence-electron chi connectivity index (χ2n) is 6.26. The average Bonchev–Trinajstić information content (AvgIpc) is 2.94. The molecule has 0 aliphatic heterocycles. The van der Waals surface area contributed by atoms with Crippen LogP contribution < -0.4 is 0 Å². The Bertz CT molecular complexity index is 404. The molecule has 3 nitrogen and oxygen atoms in total. The normalized spacial score (nSPS) is 12.6. The van der Waals surface area contributed by atoms with Crippen molar-refractivity contribution in [2.24, 2.45) is 7.05 Å². The summed E-state index contributed by atoms with van der Waals surface area (Å²) in [5.74, 6) is 0.752. The van der Waals surface area contributed by atoms with Gasteiger partial charge in [0.25, 0.3) is 0 Å². The summed E-state index contributed by atoms with van der Waals surface area (Å²) in [6.07, 6.45) is 19.6. The number of nitrogens with zero attached hydrogens (tertiary/aromatic N) is 2. The molecular weight excluding hydrogens is 292 g/mol. The Hall–Kier alpha value is -0.640. The van der Waals surface area contributed by atoms with Crippen LogP contribution in [0.5, 0.6) is 0 Å². The molecule has 22 heavy (non-hydrogen) atoms. The number of imidazole rings is 1. The fourth-order valence-corrected chi connectivity index (χ4v) is 3.95. The van der Waals surface area contributed by atoms with E-state index in [2.05, 4.69) is 11.9 Å². The predicted octanol–water partition coefficient (Wildman–Crippen LogP) is 5.23. The Labute approximate surface area is 139 Å². The fraction of sp³-hybridized carbons (Fsp3) is 0.833. The Morgan fingerprint density at radius 2 is 1.41 bits per heavy atom. The Kier molecular flexibility index (Phi) is 11.3. The van der Waals surface area contributed by atoms with Crippen molar-refractivity contribution in [1.29, 1.82) is 0 Å². The molecule has 0 aromatic carbocycles. The fourth-order valence-electron chi connectivity index (χ4n) is 2.74. The van der Waals surface area contributed by atoms with Crippen molar-refractivity contribution < 1.29 is 4.21 Å². The third-order valence-corrected chi connectivity index (χ3v) is 5.62. The van der Waals surface area contributed by atoms with Crippen molar-refractivity contribution in [3.05, 3.63) is 12.4 Å². The highest BCUT2D eigenvalue weighted by Gasteiger charge is 2.07. The maximum absolute atomic E-state index is 12.0. The van der Waals surface area contributed by atoms with E-state index in [-0.39, 0.29) is 0 Å². The van der Waals surface area contributed by atoms with Crippen LogP contribution >= 0.6 is 0 Å². The van der Waals surface area contributed by atoms with Gasteiger partial charge in [-0.15, -0.1) is 0 Å². The molecule has 0 saturated heterocycles. The summed E-state index contributed by atoms with van der Waals surface area (Å²) in [6, 6.07) is 0. The van der Waals surface area contributed by atoms with Crippen LogP contribution in [0.1, 0.15) is 84.0 Å². The molecule has 1 rings (SSSR count). The first-order valence-corrected chi connectivity index (χ1v) is 10.4. The monoisotopic (exact) mass is 326 g/mol. The third-order valence-electron chi connectivity index (χ3n) is 4.16. The predicted molar refractivity (Wildman–Crippen MR) is 95.6 cm³/mol. The second-order valence-corrected chi connectivity index (χ2v) is 7.72. The van der Waals surface area contributed by atoms with Crippen molar-refractivity contribution in [1.82, 2.24) is 9.55 Å². The quantitative estimate of drug-likeness (QED) is 0.439. The molecule has 1 heterocycles. The molecule has 128 valence electrons. The molecule has 1 aromatic rings. The first-order chi connectivity index (χ1) is 10.8. The standard InChI is InChI=1S/C18H34N2OS/c1-3-4-5-6-7-8-9-10-11-12-13-14-17-22(21)18-19-15-16-20(18)2/h15-16H,3-14,17H2,1-2H3/t22-/m0/s1. The summed E-state index contributed by atoms with van der Waals surface area (Å²) in [4.78, 5) is 4.15. The molecule has 0 unspecified atom stereocenters. The van der Waals surface area contributed by atoms with Crippen molar-refractivity contribution in [3.63, 3.8) is 0 Å². The van der Waals surface area contributed by atoms with E-state index in [1.165, 1.54) is 70.6 Å². The van der Waals surface area contributed by atoms with Gasteiger partial charge in [0.15, 0.2) is 5.16 Å². The molecule has 0 N–H and O–H groups in total. The molecule has 0 amide bonds. The summed E-state index contributed by atoms with van der Waals surface area (Å²) < 4.78 is 13.9. The molecule has 0 radical (unpaired) electrons. The first-order valence-electron chi connectivity index (χ1n) is 9.11. The van der Waals surface area contributed by atoms with Crippen molar-refractivity contribution in [3.8, 4) is 0 Å².